The number of likely N-dealkylation sites (N-methyl/N-ethyl adjacent to an activating group) is 1. The Kier molecular flexibility index (Phi) is 48.1. The fourth-order valence-electron chi connectivity index (χ4n) is 8.02. The Labute approximate surface area is 413 Å². The van der Waals surface area contributed by atoms with Gasteiger partial charge in [0.25, 0.3) is 6.29 Å². The van der Waals surface area contributed by atoms with Crippen LogP contribution in [0.25, 0.3) is 0 Å². The summed E-state index contributed by atoms with van der Waals surface area (Å²) in [6.07, 6.45) is 56.4. The van der Waals surface area contributed by atoms with Gasteiger partial charge < -0.3 is 28.5 Å². The number of allylic oxidation sites excluding steroid dienone is 6. The van der Waals surface area contributed by atoms with Crippen molar-refractivity contribution in [2.75, 3.05) is 47.5 Å². The fraction of sp³-hybridized carbons (Fsp3) is 0.845. The second kappa shape index (κ2) is 49.9. The molecule has 0 aromatic rings. The van der Waals surface area contributed by atoms with Gasteiger partial charge in [0.05, 0.1) is 34.4 Å². The van der Waals surface area contributed by atoms with Gasteiger partial charge in [-0.1, -0.05) is 230 Å². The molecule has 0 bridgehead atoms. The Balaban J connectivity index is 4.21. The maximum Gasteiger partial charge on any atom is 0.361 e. The van der Waals surface area contributed by atoms with E-state index in [-0.39, 0.29) is 32.2 Å². The molecule has 0 aromatic carbocycles. The molecule has 0 rings (SSSR count). The first kappa shape index (κ1) is 64.5. The molecule has 0 saturated heterocycles. The lowest BCUT2D eigenvalue weighted by Crippen LogP contribution is -2.40. The van der Waals surface area contributed by atoms with Crippen LogP contribution in [0.4, 0.5) is 0 Å². The zero-order chi connectivity index (χ0) is 49.2. The number of unbranched alkanes of at least 4 members (excludes halogenated alkanes) is 31. The van der Waals surface area contributed by atoms with Crippen LogP contribution in [-0.4, -0.2) is 87.4 Å². The summed E-state index contributed by atoms with van der Waals surface area (Å²) in [6.45, 7) is 4.89. The van der Waals surface area contributed by atoms with Crippen molar-refractivity contribution in [2.24, 2.45) is 0 Å². The van der Waals surface area contributed by atoms with Crippen molar-refractivity contribution >= 4 is 17.9 Å². The summed E-state index contributed by atoms with van der Waals surface area (Å²) in [5.74, 6) is -1.99. The minimum Gasteiger partial charge on any atom is -0.477 e. The third-order valence-corrected chi connectivity index (χ3v) is 12.4. The van der Waals surface area contributed by atoms with Crippen LogP contribution >= 0.6 is 0 Å². The number of esters is 2. The van der Waals surface area contributed by atoms with Crippen LogP contribution in [0.2, 0.25) is 0 Å². The molecular formula is C58H108NO8+. The zero-order valence-electron chi connectivity index (χ0n) is 44.6. The molecule has 0 aliphatic rings. The highest BCUT2D eigenvalue weighted by molar-refractivity contribution is 5.71. The molecule has 1 N–H and O–H groups in total. The van der Waals surface area contributed by atoms with Gasteiger partial charge in [-0.15, -0.1) is 0 Å². The minimum atomic E-state index is -1.51. The topological polar surface area (TPSA) is 108 Å². The largest absolute Gasteiger partial charge is 0.477 e. The molecule has 0 aliphatic carbocycles. The summed E-state index contributed by atoms with van der Waals surface area (Å²) in [7, 11) is 5.97. The maximum absolute atomic E-state index is 12.9. The highest BCUT2D eigenvalue weighted by Crippen LogP contribution is 2.16. The van der Waals surface area contributed by atoms with E-state index in [1.165, 1.54) is 180 Å². The smallest absolute Gasteiger partial charge is 0.361 e. The molecule has 9 nitrogen and oxygen atoms in total. The summed E-state index contributed by atoms with van der Waals surface area (Å²) in [4.78, 5) is 37.3. The number of nitrogens with zero attached hydrogens (tertiary/aromatic N) is 1. The summed E-state index contributed by atoms with van der Waals surface area (Å²) < 4.78 is 22.9. The number of hydrogen-bond donors (Lipinski definition) is 1. The van der Waals surface area contributed by atoms with E-state index in [1.807, 2.05) is 21.1 Å². The van der Waals surface area contributed by atoms with E-state index in [0.29, 0.717) is 17.4 Å². The molecule has 9 heteroatoms. The third kappa shape index (κ3) is 51.2. The zero-order valence-corrected chi connectivity index (χ0v) is 44.6. The van der Waals surface area contributed by atoms with Crippen molar-refractivity contribution in [2.45, 2.75) is 270 Å². The van der Waals surface area contributed by atoms with Gasteiger partial charge in [-0.05, 0) is 51.4 Å². The lowest BCUT2D eigenvalue weighted by Gasteiger charge is -2.25. The van der Waals surface area contributed by atoms with E-state index in [9.17, 15) is 19.5 Å². The molecule has 392 valence electrons. The van der Waals surface area contributed by atoms with Crippen LogP contribution in [0.3, 0.4) is 0 Å². The van der Waals surface area contributed by atoms with Crippen LogP contribution in [0, 0.1) is 0 Å². The SMILES string of the molecule is CCCCCCC/C=C\C/C=C\C/C=C\CCCCCCCCCCCCCCC(=O)OC(COC(=O)CCCCCCCCCCCCCCCCC)COC(OCC[N+](C)(C)C)C(=O)O. The Bertz CT molecular complexity index is 1190. The average Bonchev–Trinajstić information content (AvgIpc) is 3.29. The molecule has 0 fully saturated rings. The van der Waals surface area contributed by atoms with E-state index in [0.717, 1.165) is 51.4 Å². The van der Waals surface area contributed by atoms with Gasteiger partial charge in [0, 0.05) is 12.8 Å². The van der Waals surface area contributed by atoms with E-state index in [2.05, 4.69) is 50.3 Å². The van der Waals surface area contributed by atoms with Gasteiger partial charge in [0.15, 0.2) is 6.10 Å². The number of rotatable bonds is 52. The lowest BCUT2D eigenvalue weighted by atomic mass is 10.0. The van der Waals surface area contributed by atoms with Crippen molar-refractivity contribution in [1.82, 2.24) is 0 Å². The van der Waals surface area contributed by atoms with Crippen molar-refractivity contribution < 1.29 is 42.9 Å². The Morgan fingerprint density at radius 1 is 0.448 bits per heavy atom. The van der Waals surface area contributed by atoms with Gasteiger partial charge >= 0.3 is 17.9 Å². The molecule has 67 heavy (non-hydrogen) atoms. The number of hydrogen-bond acceptors (Lipinski definition) is 7. The first-order chi connectivity index (χ1) is 32.6. The van der Waals surface area contributed by atoms with Crippen LogP contribution in [0.15, 0.2) is 36.5 Å². The predicted molar refractivity (Wildman–Crippen MR) is 281 cm³/mol. The highest BCUT2D eigenvalue weighted by Gasteiger charge is 2.25. The number of carbonyl (C=O) groups is 3. The van der Waals surface area contributed by atoms with Gasteiger partial charge in [0.2, 0.25) is 0 Å². The second-order valence-corrected chi connectivity index (χ2v) is 20.3. The van der Waals surface area contributed by atoms with Crippen LogP contribution in [0.1, 0.15) is 258 Å². The molecule has 0 saturated carbocycles. The van der Waals surface area contributed by atoms with Crippen molar-refractivity contribution in [3.05, 3.63) is 36.5 Å². The normalized spacial score (nSPS) is 13.0. The predicted octanol–water partition coefficient (Wildman–Crippen LogP) is 16.1. The number of carboxylic acid groups (broad SMARTS) is 1. The third-order valence-electron chi connectivity index (χ3n) is 12.4. The summed E-state index contributed by atoms with van der Waals surface area (Å²) in [5.41, 5.74) is 0. The van der Waals surface area contributed by atoms with Crippen LogP contribution < -0.4 is 0 Å². The molecule has 0 spiro atoms. The number of ether oxygens (including phenoxy) is 4. The van der Waals surface area contributed by atoms with Gasteiger partial charge in [-0.25, -0.2) is 4.79 Å². The molecule has 0 aliphatic heterocycles. The molecule has 0 aromatic heterocycles. The molecule has 2 atom stereocenters. The summed E-state index contributed by atoms with van der Waals surface area (Å²) in [6, 6.07) is 0. The Morgan fingerprint density at radius 3 is 1.19 bits per heavy atom. The number of aliphatic carboxylic acids is 1. The second-order valence-electron chi connectivity index (χ2n) is 20.3. The summed E-state index contributed by atoms with van der Waals surface area (Å²) >= 11 is 0. The maximum atomic E-state index is 12.9. The van der Waals surface area contributed by atoms with E-state index in [4.69, 9.17) is 18.9 Å². The number of quaternary nitrogens is 1. The van der Waals surface area contributed by atoms with Crippen molar-refractivity contribution in [3.8, 4) is 0 Å². The van der Waals surface area contributed by atoms with Crippen LogP contribution in [-0.2, 0) is 33.3 Å². The molecule has 0 heterocycles. The van der Waals surface area contributed by atoms with Crippen molar-refractivity contribution in [3.63, 3.8) is 0 Å². The highest BCUT2D eigenvalue weighted by atomic mass is 16.7. The number of carboxylic acids is 1. The van der Waals surface area contributed by atoms with Gasteiger partial charge in [0.1, 0.15) is 13.2 Å². The quantitative estimate of drug-likeness (QED) is 0.0211. The molecule has 0 amide bonds. The molecule has 0 radical (unpaired) electrons. The Morgan fingerprint density at radius 2 is 0.806 bits per heavy atom. The van der Waals surface area contributed by atoms with Gasteiger partial charge in [-0.3, -0.25) is 9.59 Å². The minimum absolute atomic E-state index is 0.179. The van der Waals surface area contributed by atoms with E-state index < -0.39 is 24.3 Å². The average molecular weight is 948 g/mol. The number of carbonyl (C=O) groups excluding carboxylic acids is 2. The first-order valence-electron chi connectivity index (χ1n) is 28.2. The summed E-state index contributed by atoms with van der Waals surface area (Å²) in [5, 5.41) is 9.68. The van der Waals surface area contributed by atoms with Crippen LogP contribution in [0.5, 0.6) is 0 Å². The van der Waals surface area contributed by atoms with Crippen molar-refractivity contribution in [1.29, 1.82) is 0 Å². The molecular weight excluding hydrogens is 839 g/mol. The first-order valence-corrected chi connectivity index (χ1v) is 28.2. The fourth-order valence-corrected chi connectivity index (χ4v) is 8.02. The standard InChI is InChI=1S/C58H107NO8/c1-6-8-10-12-14-16-18-20-22-23-24-25-26-27-28-29-30-31-32-33-35-37-39-41-43-45-47-49-56(61)67-54(53-66-58(57(62)63)64-51-50-59(3,4)5)52-65-55(60)48-46-44-42-40-38-36-34-21-19-17-15-13-11-9-7-2/h18,20,23-24,26-27,54,58H,6-17,19,21-22,25,28-53H2,1-5H3/p+1/b20-18-,24-23-,27-26-. The monoisotopic (exact) mass is 947 g/mol. The Hall–Kier alpha value is -2.49. The lowest BCUT2D eigenvalue weighted by molar-refractivity contribution is -0.870. The van der Waals surface area contributed by atoms with E-state index >= 15 is 0 Å². The molecule has 2 unspecified atom stereocenters. The van der Waals surface area contributed by atoms with Gasteiger partial charge in [-0.2, -0.15) is 0 Å². The van der Waals surface area contributed by atoms with E-state index in [1.54, 1.807) is 0 Å².